The Labute approximate surface area is 109 Å². The van der Waals surface area contributed by atoms with Crippen LogP contribution in [0.5, 0.6) is 0 Å². The molecule has 0 aliphatic carbocycles. The molecule has 0 saturated carbocycles. The summed E-state index contributed by atoms with van der Waals surface area (Å²) in [4.78, 5) is 12.4. The number of carbonyl (C=O) groups excluding carboxylic acids is 1. The fourth-order valence-corrected chi connectivity index (χ4v) is 2.02. The van der Waals surface area contributed by atoms with Crippen molar-refractivity contribution in [1.82, 2.24) is 0 Å². The van der Waals surface area contributed by atoms with Crippen LogP contribution in [-0.4, -0.2) is 5.12 Å². The highest BCUT2D eigenvalue weighted by atomic mass is 32.2. The van der Waals surface area contributed by atoms with E-state index >= 15 is 0 Å². The maximum Gasteiger partial charge on any atom is 0.216 e. The Morgan fingerprint density at radius 1 is 1.00 bits per heavy atom. The summed E-state index contributed by atoms with van der Waals surface area (Å²) in [6, 6.07) is 15.5. The monoisotopic (exact) mass is 258 g/mol. The van der Waals surface area contributed by atoms with Crippen LogP contribution in [0.1, 0.15) is 5.56 Å². The number of rotatable bonds is 3. The average molecular weight is 258 g/mol. The van der Waals surface area contributed by atoms with E-state index in [-0.39, 0.29) is 10.9 Å². The van der Waals surface area contributed by atoms with Crippen LogP contribution >= 0.6 is 11.8 Å². The Morgan fingerprint density at radius 3 is 2.33 bits per heavy atom. The molecule has 0 aliphatic rings. The normalized spacial score (nSPS) is 10.7. The molecular formula is C15H11FOS. The van der Waals surface area contributed by atoms with Crippen molar-refractivity contribution in [3.63, 3.8) is 0 Å². The zero-order valence-corrected chi connectivity index (χ0v) is 10.4. The quantitative estimate of drug-likeness (QED) is 0.607. The van der Waals surface area contributed by atoms with Gasteiger partial charge in [-0.15, -0.1) is 0 Å². The van der Waals surface area contributed by atoms with Crippen molar-refractivity contribution in [1.29, 1.82) is 0 Å². The van der Waals surface area contributed by atoms with Crippen molar-refractivity contribution in [2.45, 2.75) is 4.90 Å². The van der Waals surface area contributed by atoms with Crippen LogP contribution in [0.3, 0.4) is 0 Å². The first kappa shape index (κ1) is 12.6. The third-order valence-corrected chi connectivity index (χ3v) is 3.09. The van der Waals surface area contributed by atoms with Gasteiger partial charge in [0.2, 0.25) is 5.12 Å². The highest BCUT2D eigenvalue weighted by molar-refractivity contribution is 8.14. The number of hydrogen-bond acceptors (Lipinski definition) is 2. The summed E-state index contributed by atoms with van der Waals surface area (Å²) in [6.07, 6.45) is 3.28. The Bertz CT molecular complexity index is 546. The molecule has 0 unspecified atom stereocenters. The fourth-order valence-electron chi connectivity index (χ4n) is 1.38. The van der Waals surface area contributed by atoms with Crippen LogP contribution in [0.2, 0.25) is 0 Å². The average Bonchev–Trinajstić information content (AvgIpc) is 2.40. The van der Waals surface area contributed by atoms with Crippen LogP contribution < -0.4 is 0 Å². The second-order valence-electron chi connectivity index (χ2n) is 3.62. The van der Waals surface area contributed by atoms with Crippen molar-refractivity contribution in [2.75, 3.05) is 0 Å². The lowest BCUT2D eigenvalue weighted by Gasteiger charge is -1.96. The first-order chi connectivity index (χ1) is 8.74. The SMILES string of the molecule is O=C(/C=C/c1ccccc1)Sc1ccc(F)cc1. The highest BCUT2D eigenvalue weighted by Crippen LogP contribution is 2.19. The molecule has 1 nitrogen and oxygen atoms in total. The van der Waals surface area contributed by atoms with Gasteiger partial charge in [0.1, 0.15) is 5.82 Å². The molecule has 0 heterocycles. The topological polar surface area (TPSA) is 17.1 Å². The molecule has 90 valence electrons. The summed E-state index contributed by atoms with van der Waals surface area (Å²) in [6.45, 7) is 0. The van der Waals surface area contributed by atoms with Gasteiger partial charge in [0.05, 0.1) is 0 Å². The summed E-state index contributed by atoms with van der Waals surface area (Å²) in [5.41, 5.74) is 0.977. The van der Waals surface area contributed by atoms with E-state index in [1.807, 2.05) is 30.3 Å². The van der Waals surface area contributed by atoms with Crippen LogP contribution in [0.4, 0.5) is 4.39 Å². The lowest BCUT2D eigenvalue weighted by atomic mass is 10.2. The van der Waals surface area contributed by atoms with Gasteiger partial charge in [-0.05, 0) is 47.7 Å². The second-order valence-corrected chi connectivity index (χ2v) is 4.70. The summed E-state index contributed by atoms with van der Waals surface area (Å²) >= 11 is 1.08. The number of thioether (sulfide) groups is 1. The van der Waals surface area contributed by atoms with Crippen molar-refractivity contribution in [3.05, 3.63) is 72.1 Å². The van der Waals surface area contributed by atoms with Crippen molar-refractivity contribution in [2.24, 2.45) is 0 Å². The van der Waals surface area contributed by atoms with Gasteiger partial charge >= 0.3 is 0 Å². The second kappa shape index (κ2) is 6.17. The molecule has 2 aromatic carbocycles. The van der Waals surface area contributed by atoms with E-state index in [0.29, 0.717) is 0 Å². The third-order valence-electron chi connectivity index (χ3n) is 2.24. The standard InChI is InChI=1S/C15H11FOS/c16-13-7-9-14(10-8-13)18-15(17)11-6-12-4-2-1-3-5-12/h1-11H/b11-6+. The summed E-state index contributed by atoms with van der Waals surface area (Å²) in [5, 5.41) is -0.0783. The fraction of sp³-hybridized carbons (Fsp3) is 0. The summed E-state index contributed by atoms with van der Waals surface area (Å²) in [7, 11) is 0. The van der Waals surface area contributed by atoms with Crippen LogP contribution in [0.25, 0.3) is 6.08 Å². The molecule has 0 spiro atoms. The van der Waals surface area contributed by atoms with E-state index in [1.54, 1.807) is 18.2 Å². The Morgan fingerprint density at radius 2 is 1.67 bits per heavy atom. The van der Waals surface area contributed by atoms with Crippen LogP contribution in [-0.2, 0) is 4.79 Å². The molecule has 0 radical (unpaired) electrons. The molecule has 18 heavy (non-hydrogen) atoms. The summed E-state index contributed by atoms with van der Waals surface area (Å²) < 4.78 is 12.7. The van der Waals surface area contributed by atoms with E-state index in [4.69, 9.17) is 0 Å². The maximum absolute atomic E-state index is 12.7. The van der Waals surface area contributed by atoms with Crippen molar-refractivity contribution < 1.29 is 9.18 Å². The molecule has 0 amide bonds. The van der Waals surface area contributed by atoms with E-state index < -0.39 is 0 Å². The largest absolute Gasteiger partial charge is 0.282 e. The van der Waals surface area contributed by atoms with Gasteiger partial charge < -0.3 is 0 Å². The number of hydrogen-bond donors (Lipinski definition) is 0. The third kappa shape index (κ3) is 3.86. The molecule has 2 rings (SSSR count). The van der Waals surface area contributed by atoms with Gasteiger partial charge in [-0.2, -0.15) is 0 Å². The van der Waals surface area contributed by atoms with E-state index in [2.05, 4.69) is 0 Å². The van der Waals surface area contributed by atoms with Gasteiger partial charge in [0.15, 0.2) is 0 Å². The maximum atomic E-state index is 12.7. The zero-order valence-electron chi connectivity index (χ0n) is 9.55. The van der Waals surface area contributed by atoms with E-state index in [1.165, 1.54) is 18.2 Å². The molecule has 0 N–H and O–H groups in total. The molecule has 0 aromatic heterocycles. The molecule has 3 heteroatoms. The Balaban J connectivity index is 1.97. The van der Waals surface area contributed by atoms with Gasteiger partial charge in [-0.3, -0.25) is 4.79 Å². The van der Waals surface area contributed by atoms with Crippen molar-refractivity contribution in [3.8, 4) is 0 Å². The summed E-state index contributed by atoms with van der Waals surface area (Å²) in [5.74, 6) is -0.299. The van der Waals surface area contributed by atoms with Gasteiger partial charge in [0.25, 0.3) is 0 Å². The number of halogens is 1. The predicted octanol–water partition coefficient (Wildman–Crippen LogP) is 4.16. The molecular weight excluding hydrogens is 247 g/mol. The number of carbonyl (C=O) groups is 1. The molecule has 0 saturated heterocycles. The Hall–Kier alpha value is -1.87. The van der Waals surface area contributed by atoms with Gasteiger partial charge in [-0.1, -0.05) is 36.4 Å². The minimum absolute atomic E-state index is 0.0783. The first-order valence-corrected chi connectivity index (χ1v) is 6.26. The molecule has 0 aliphatic heterocycles. The lowest BCUT2D eigenvalue weighted by molar-refractivity contribution is -0.107. The zero-order chi connectivity index (χ0) is 12.8. The predicted molar refractivity (Wildman–Crippen MR) is 72.7 cm³/mol. The lowest BCUT2D eigenvalue weighted by Crippen LogP contribution is -1.85. The smallest absolute Gasteiger partial charge is 0.216 e. The minimum Gasteiger partial charge on any atom is -0.282 e. The van der Waals surface area contributed by atoms with Gasteiger partial charge in [-0.25, -0.2) is 4.39 Å². The number of benzene rings is 2. The molecule has 0 bridgehead atoms. The minimum atomic E-state index is -0.299. The van der Waals surface area contributed by atoms with Crippen LogP contribution in [0, 0.1) is 5.82 Å². The molecule has 0 fully saturated rings. The van der Waals surface area contributed by atoms with E-state index in [9.17, 15) is 9.18 Å². The molecule has 0 atom stereocenters. The Kier molecular flexibility index (Phi) is 4.31. The molecule has 2 aromatic rings. The van der Waals surface area contributed by atoms with Gasteiger partial charge in [0, 0.05) is 4.90 Å². The van der Waals surface area contributed by atoms with Crippen molar-refractivity contribution >= 4 is 23.0 Å². The first-order valence-electron chi connectivity index (χ1n) is 5.44. The van der Waals surface area contributed by atoms with E-state index in [0.717, 1.165) is 22.2 Å². The van der Waals surface area contributed by atoms with Crippen LogP contribution in [0.15, 0.2) is 65.6 Å². The highest BCUT2D eigenvalue weighted by Gasteiger charge is 2.00.